The highest BCUT2D eigenvalue weighted by atomic mass is 32.2. The van der Waals surface area contributed by atoms with Gasteiger partial charge in [0, 0.05) is 80.1 Å². The van der Waals surface area contributed by atoms with Crippen LogP contribution in [0.2, 0.25) is 0 Å². The van der Waals surface area contributed by atoms with Gasteiger partial charge in [-0.15, -0.1) is 0 Å². The maximum Gasteiger partial charge on any atom is 0.296 e. The summed E-state index contributed by atoms with van der Waals surface area (Å²) >= 11 is 1.32. The van der Waals surface area contributed by atoms with E-state index in [9.17, 15) is 19.7 Å². The highest BCUT2D eigenvalue weighted by molar-refractivity contribution is 7.97. The van der Waals surface area contributed by atoms with E-state index in [-0.39, 0.29) is 70.2 Å². The average Bonchev–Trinajstić information content (AvgIpc) is 0.851. The fourth-order valence-corrected chi connectivity index (χ4v) is 12.9. The fraction of sp³-hybridized carbons (Fsp3) is 0.574. The second-order valence-electron chi connectivity index (χ2n) is 26.5. The molecular formula is C68H101N9O6S. The second-order valence-corrected chi connectivity index (χ2v) is 27.6. The van der Waals surface area contributed by atoms with Crippen LogP contribution in [0.1, 0.15) is 163 Å². The third kappa shape index (κ3) is 16.0. The van der Waals surface area contributed by atoms with E-state index in [1.165, 1.54) is 36.2 Å². The molecule has 2 aromatic carbocycles. The van der Waals surface area contributed by atoms with Crippen LogP contribution in [0.25, 0.3) is 0 Å². The summed E-state index contributed by atoms with van der Waals surface area (Å²) in [6, 6.07) is 17.5. The maximum atomic E-state index is 14.4. The lowest BCUT2D eigenvalue weighted by Crippen LogP contribution is -2.52. The molecule has 0 radical (unpaired) electrons. The zero-order chi connectivity index (χ0) is 62.7. The molecule has 84 heavy (non-hydrogen) atoms. The number of methoxy groups -OCH3 is 2. The van der Waals surface area contributed by atoms with Crippen LogP contribution in [0.4, 0.5) is 0 Å². The lowest BCUT2D eigenvalue weighted by Gasteiger charge is -2.60. The minimum absolute atomic E-state index is 0.0436. The number of carbonyl (C=O) groups is 2. The van der Waals surface area contributed by atoms with Crippen LogP contribution in [0.3, 0.4) is 0 Å². The number of aliphatic imine (C=N–C) groups is 2. The van der Waals surface area contributed by atoms with Crippen LogP contribution in [0.15, 0.2) is 123 Å². The first-order valence-corrected chi connectivity index (χ1v) is 30.8. The number of benzene rings is 2. The van der Waals surface area contributed by atoms with Crippen molar-refractivity contribution in [3.63, 3.8) is 0 Å². The zero-order valence-electron chi connectivity index (χ0n) is 54.2. The number of nitrogens with two attached hydrogens (primary N) is 1. The van der Waals surface area contributed by atoms with Gasteiger partial charge in [-0.2, -0.15) is 0 Å². The van der Waals surface area contributed by atoms with Gasteiger partial charge in [-0.3, -0.25) is 39.0 Å². The summed E-state index contributed by atoms with van der Waals surface area (Å²) in [5.74, 6) is 3.34. The number of fused-ring (bicyclic) bond motifs is 1. The summed E-state index contributed by atoms with van der Waals surface area (Å²) in [5.41, 5.74) is 12.4. The molecule has 4 aliphatic carbocycles. The Labute approximate surface area is 508 Å². The number of amides is 2. The van der Waals surface area contributed by atoms with Gasteiger partial charge in [-0.25, -0.2) is 0 Å². The van der Waals surface area contributed by atoms with E-state index in [0.717, 1.165) is 59.2 Å². The van der Waals surface area contributed by atoms with Crippen LogP contribution in [0, 0.1) is 61.4 Å². The van der Waals surface area contributed by atoms with E-state index in [4.69, 9.17) is 15.2 Å². The molecule has 0 aliphatic heterocycles. The minimum Gasteiger partial charge on any atom is -0.496 e. The first kappa shape index (κ1) is 68.5. The third-order valence-corrected chi connectivity index (χ3v) is 20.0. The van der Waals surface area contributed by atoms with Gasteiger partial charge in [0.05, 0.1) is 37.1 Å². The van der Waals surface area contributed by atoms with Gasteiger partial charge >= 0.3 is 0 Å². The van der Waals surface area contributed by atoms with Crippen molar-refractivity contribution in [1.82, 2.24) is 25.2 Å². The molecule has 0 saturated heterocycles. The Morgan fingerprint density at radius 1 is 0.929 bits per heavy atom. The first-order chi connectivity index (χ1) is 39.4. The average molecular weight is 1170 g/mol. The number of nitrogens with zero attached hydrogens (tertiary/aromatic N) is 5. The van der Waals surface area contributed by atoms with Crippen molar-refractivity contribution in [2.24, 2.45) is 67.0 Å². The summed E-state index contributed by atoms with van der Waals surface area (Å²) in [6.45, 7) is 40.1. The number of carbonyl (C=O) groups excluding carboxylic acids is 2. The number of hydrogen-bond acceptors (Lipinski definition) is 13. The lowest BCUT2D eigenvalue weighted by atomic mass is 9.45. The number of pyridine rings is 1. The van der Waals surface area contributed by atoms with E-state index in [2.05, 4.69) is 146 Å². The molecule has 460 valence electrons. The molecular weight excluding hydrogens is 1070 g/mol. The third-order valence-electron chi connectivity index (χ3n) is 18.9. The summed E-state index contributed by atoms with van der Waals surface area (Å²) in [5, 5.41) is 22.0. The number of nitro groups is 1. The van der Waals surface area contributed by atoms with E-state index in [1.807, 2.05) is 44.2 Å². The van der Waals surface area contributed by atoms with E-state index >= 15 is 0 Å². The molecule has 1 fully saturated rings. The van der Waals surface area contributed by atoms with Gasteiger partial charge in [-0.1, -0.05) is 128 Å². The normalized spacial score (nSPS) is 19.7. The lowest BCUT2D eigenvalue weighted by molar-refractivity contribution is -0.414. The van der Waals surface area contributed by atoms with Crippen molar-refractivity contribution in [2.75, 3.05) is 54.5 Å². The van der Waals surface area contributed by atoms with Crippen molar-refractivity contribution in [3.05, 3.63) is 141 Å². The minimum atomic E-state index is -0.517. The molecule has 6 unspecified atom stereocenters. The van der Waals surface area contributed by atoms with Crippen molar-refractivity contribution in [1.29, 1.82) is 0 Å². The molecule has 0 spiro atoms. The number of aromatic nitrogens is 1. The molecule has 15 nitrogen and oxygen atoms in total. The van der Waals surface area contributed by atoms with Crippen molar-refractivity contribution in [2.45, 2.75) is 152 Å². The molecule has 1 saturated carbocycles. The van der Waals surface area contributed by atoms with Crippen LogP contribution >= 0.6 is 11.9 Å². The second kappa shape index (κ2) is 28.8. The monoisotopic (exact) mass is 1170 g/mol. The summed E-state index contributed by atoms with van der Waals surface area (Å²) < 4.78 is 14.2. The summed E-state index contributed by atoms with van der Waals surface area (Å²) in [7, 11) is 6.65. The molecule has 7 rings (SSSR count). The fourth-order valence-electron chi connectivity index (χ4n) is 12.0. The Morgan fingerprint density at radius 2 is 1.56 bits per heavy atom. The molecule has 16 heteroatoms. The van der Waals surface area contributed by atoms with Gasteiger partial charge in [0.15, 0.2) is 5.71 Å². The standard InChI is InChI=1S/C66H95N9O6S.C2H6/c1-41(29-42(2)44(4)71-37-46-30-50(52-33-51(46)66(52,13)14)58-55(80-17)31-47(32-56(58)81-18)65(11,12)43(3)34-62(5,6)39-67)36-72-61(77)45-22-24-49(25-23-45)82-74(38-48-21-19-20-28-70-48)57(76)35-63(7,8)64(9,10)40-73-53-26-27-54(75(78)79)60(69-16)59(53)68-15;1-2/h19-28,30-32,41-43,50-52,71,73H,4,29,33-40,67H2,1-3,5-18H3,(H,72,77);1-2H3. The molecule has 2 bridgehead atoms. The first-order valence-electron chi connectivity index (χ1n) is 30.1. The Morgan fingerprint density at radius 3 is 2.11 bits per heavy atom. The van der Waals surface area contributed by atoms with E-state index in [1.54, 1.807) is 50.0 Å². The van der Waals surface area contributed by atoms with Gasteiger partial charge in [-0.05, 0) is 155 Å². The van der Waals surface area contributed by atoms with E-state index in [0.29, 0.717) is 54.4 Å². The van der Waals surface area contributed by atoms with Gasteiger partial charge in [0.2, 0.25) is 5.91 Å². The quantitative estimate of drug-likeness (QED) is 0.0177. The van der Waals surface area contributed by atoms with Crippen molar-refractivity contribution < 1.29 is 24.0 Å². The molecule has 3 aromatic rings. The smallest absolute Gasteiger partial charge is 0.296 e. The van der Waals surface area contributed by atoms with Gasteiger partial charge < -0.3 is 31.2 Å². The molecule has 4 aliphatic rings. The Balaban J connectivity index is 0.00000638. The predicted molar refractivity (Wildman–Crippen MR) is 346 cm³/mol. The largest absolute Gasteiger partial charge is 0.496 e. The summed E-state index contributed by atoms with van der Waals surface area (Å²) in [4.78, 5) is 53.1. The van der Waals surface area contributed by atoms with Gasteiger partial charge in [0.1, 0.15) is 17.2 Å². The van der Waals surface area contributed by atoms with E-state index < -0.39 is 15.8 Å². The SMILES string of the molecule is C=C(NCC1=CC(c2c(OC)cc(C(C)(C)C(C)CC(C)(C)CN)cc2OC)C2CC1C2(C)C)C(C)CC(C)CNC(=O)c1ccc(SN(Cc2ccccn2)C(=O)CC(C)(C)C(C)(C)CNC2=CC=C([N+](=O)[O-])C(=NC)C2=NC)cc1.CC. The summed E-state index contributed by atoms with van der Waals surface area (Å²) in [6.07, 6.45) is 10.5. The topological polar surface area (TPSA) is 199 Å². The Bertz CT molecular complexity index is 2930. The highest BCUT2D eigenvalue weighted by Gasteiger charge is 2.56. The zero-order valence-corrected chi connectivity index (χ0v) is 55.0. The van der Waals surface area contributed by atoms with Crippen molar-refractivity contribution in [3.8, 4) is 11.5 Å². The van der Waals surface area contributed by atoms with Crippen LogP contribution < -0.4 is 31.2 Å². The number of hydrogen-bond donors (Lipinski definition) is 4. The predicted octanol–water partition coefficient (Wildman–Crippen LogP) is 13.6. The number of rotatable bonds is 28. The number of allylic oxidation sites excluding steroid dienone is 6. The number of ether oxygens (including phenoxy) is 2. The van der Waals surface area contributed by atoms with Crippen molar-refractivity contribution >= 4 is 35.2 Å². The number of nitrogens with one attached hydrogen (secondary N) is 3. The molecule has 5 N–H and O–H groups in total. The van der Waals surface area contributed by atoms with Crippen LogP contribution in [-0.4, -0.2) is 91.9 Å². The Hall–Kier alpha value is -6.26. The van der Waals surface area contributed by atoms with Crippen LogP contribution in [0.5, 0.6) is 11.5 Å². The molecule has 1 heterocycles. The van der Waals surface area contributed by atoms with Crippen LogP contribution in [-0.2, 0) is 16.8 Å². The Kier molecular flexibility index (Phi) is 23.5. The van der Waals surface area contributed by atoms with Gasteiger partial charge in [0.25, 0.3) is 11.6 Å². The molecule has 2 amide bonds. The molecule has 1 aromatic heterocycles. The molecule has 6 atom stereocenters. The maximum absolute atomic E-state index is 14.4. The highest BCUT2D eigenvalue weighted by Crippen LogP contribution is 2.65.